The molecule has 178 valence electrons. The van der Waals surface area contributed by atoms with Gasteiger partial charge in [-0.1, -0.05) is 72.8 Å². The Labute approximate surface area is 208 Å². The Morgan fingerprint density at radius 1 is 0.912 bits per heavy atom. The molecule has 0 radical (unpaired) electrons. The van der Waals surface area contributed by atoms with Crippen molar-refractivity contribution in [2.75, 3.05) is 19.6 Å². The highest BCUT2D eigenvalue weighted by Crippen LogP contribution is 2.49. The van der Waals surface area contributed by atoms with Gasteiger partial charge in [-0.2, -0.15) is 0 Å². The maximum Gasteiger partial charge on any atom is 0.231 e. The van der Waals surface area contributed by atoms with Gasteiger partial charge in [0.2, 0.25) is 5.91 Å². The summed E-state index contributed by atoms with van der Waals surface area (Å²) in [6.45, 7) is 3.62. The van der Waals surface area contributed by atoms with Gasteiger partial charge in [0, 0.05) is 6.54 Å². The van der Waals surface area contributed by atoms with E-state index in [1.54, 1.807) is 0 Å². The molecule has 0 bridgehead atoms. The highest BCUT2D eigenvalue weighted by molar-refractivity contribution is 5.91. The molecule has 1 heterocycles. The predicted molar refractivity (Wildman–Crippen MR) is 138 cm³/mol. The second kappa shape index (κ2) is 11.1. The number of amides is 1. The Kier molecular flexibility index (Phi) is 7.91. The van der Waals surface area contributed by atoms with E-state index < -0.39 is 5.41 Å². The third kappa shape index (κ3) is 5.63. The van der Waals surface area contributed by atoms with E-state index in [2.05, 4.69) is 52.7 Å². The molecule has 34 heavy (non-hydrogen) atoms. The number of hydrogen-bond donors (Lipinski definition) is 1. The third-order valence-electron chi connectivity index (χ3n) is 6.97. The summed E-state index contributed by atoms with van der Waals surface area (Å²) in [5, 5.41) is 3.42. The average Bonchev–Trinajstić information content (AvgIpc) is 3.53. The Hall–Kier alpha value is -2.82. The zero-order chi connectivity index (χ0) is 22.5. The fraction of sp³-hybridized carbons (Fsp3) is 0.345. The van der Waals surface area contributed by atoms with Gasteiger partial charge in [0.1, 0.15) is 12.4 Å². The number of halogens is 1. The Morgan fingerprint density at radius 2 is 1.59 bits per heavy atom. The van der Waals surface area contributed by atoms with Crippen LogP contribution < -0.4 is 10.1 Å². The fourth-order valence-electron chi connectivity index (χ4n) is 4.84. The molecule has 5 rings (SSSR count). The zero-order valence-corrected chi connectivity index (χ0v) is 20.3. The predicted octanol–water partition coefficient (Wildman–Crippen LogP) is 5.67. The monoisotopic (exact) mass is 476 g/mol. The van der Waals surface area contributed by atoms with Crippen LogP contribution in [-0.4, -0.2) is 30.4 Å². The normalized spacial score (nSPS) is 17.4. The molecule has 2 fully saturated rings. The smallest absolute Gasteiger partial charge is 0.231 e. The van der Waals surface area contributed by atoms with Crippen molar-refractivity contribution in [2.45, 2.75) is 43.7 Å². The lowest BCUT2D eigenvalue weighted by molar-refractivity contribution is -0.124. The molecule has 1 saturated carbocycles. The minimum absolute atomic E-state index is 0. The van der Waals surface area contributed by atoms with Crippen LogP contribution in [0.25, 0.3) is 0 Å². The van der Waals surface area contributed by atoms with Crippen molar-refractivity contribution in [3.63, 3.8) is 0 Å². The van der Waals surface area contributed by atoms with E-state index in [0.29, 0.717) is 6.61 Å². The summed E-state index contributed by atoms with van der Waals surface area (Å²) in [5.41, 5.74) is 2.92. The van der Waals surface area contributed by atoms with Crippen LogP contribution in [0, 0.1) is 0 Å². The molecular formula is C29H33ClN2O2. The highest BCUT2D eigenvalue weighted by atomic mass is 35.5. The molecule has 5 heteroatoms. The van der Waals surface area contributed by atoms with E-state index in [4.69, 9.17) is 4.74 Å². The number of benzene rings is 3. The minimum atomic E-state index is -0.440. The lowest BCUT2D eigenvalue weighted by Gasteiger charge is -2.27. The van der Waals surface area contributed by atoms with Crippen LogP contribution in [0.4, 0.5) is 0 Å². The number of rotatable bonds is 9. The lowest BCUT2D eigenvalue weighted by Crippen LogP contribution is -2.41. The van der Waals surface area contributed by atoms with E-state index in [1.807, 2.05) is 42.5 Å². The maximum absolute atomic E-state index is 13.6. The molecule has 0 aromatic heterocycles. The molecule has 4 nitrogen and oxygen atoms in total. The van der Waals surface area contributed by atoms with Crippen LogP contribution in [0.15, 0.2) is 84.9 Å². The fourth-order valence-corrected chi connectivity index (χ4v) is 4.84. The van der Waals surface area contributed by atoms with Gasteiger partial charge >= 0.3 is 0 Å². The number of carbonyl (C=O) groups is 1. The molecule has 1 unspecified atom stereocenters. The van der Waals surface area contributed by atoms with E-state index in [-0.39, 0.29) is 24.4 Å². The molecule has 1 aliphatic carbocycles. The molecule has 1 saturated heterocycles. The molecule has 3 aromatic carbocycles. The largest absolute Gasteiger partial charge is 0.489 e. The second-order valence-electron chi connectivity index (χ2n) is 9.33. The van der Waals surface area contributed by atoms with Crippen LogP contribution >= 0.6 is 12.4 Å². The van der Waals surface area contributed by atoms with E-state index in [9.17, 15) is 4.79 Å². The molecular weight excluding hydrogens is 444 g/mol. The molecule has 3 aromatic rings. The molecule has 1 aliphatic heterocycles. The van der Waals surface area contributed by atoms with Crippen LogP contribution in [0.3, 0.4) is 0 Å². The minimum Gasteiger partial charge on any atom is -0.489 e. The van der Waals surface area contributed by atoms with E-state index >= 15 is 0 Å². The number of nitrogens with zero attached hydrogens (tertiary/aromatic N) is 1. The summed E-state index contributed by atoms with van der Waals surface area (Å²) in [4.78, 5) is 16.1. The van der Waals surface area contributed by atoms with Gasteiger partial charge in [0.25, 0.3) is 0 Å². The summed E-state index contributed by atoms with van der Waals surface area (Å²) in [7, 11) is 0. The topological polar surface area (TPSA) is 41.6 Å². The summed E-state index contributed by atoms with van der Waals surface area (Å²) < 4.78 is 6.04. The summed E-state index contributed by atoms with van der Waals surface area (Å²) in [6, 6.07) is 28.6. The number of likely N-dealkylation sites (tertiary alicyclic amines) is 1. The van der Waals surface area contributed by atoms with Crippen LogP contribution in [0.2, 0.25) is 0 Å². The van der Waals surface area contributed by atoms with Crippen molar-refractivity contribution >= 4 is 18.3 Å². The van der Waals surface area contributed by atoms with Crippen molar-refractivity contribution in [3.8, 4) is 5.75 Å². The van der Waals surface area contributed by atoms with Gasteiger partial charge < -0.3 is 15.0 Å². The van der Waals surface area contributed by atoms with Crippen molar-refractivity contribution < 1.29 is 9.53 Å². The quantitative estimate of drug-likeness (QED) is 0.432. The zero-order valence-electron chi connectivity index (χ0n) is 19.5. The first-order chi connectivity index (χ1) is 16.2. The Balaban J connectivity index is 0.00000274. The van der Waals surface area contributed by atoms with Gasteiger partial charge in [-0.3, -0.25) is 4.79 Å². The van der Waals surface area contributed by atoms with Crippen molar-refractivity contribution in [2.24, 2.45) is 0 Å². The maximum atomic E-state index is 13.6. The van der Waals surface area contributed by atoms with Gasteiger partial charge in [-0.25, -0.2) is 0 Å². The van der Waals surface area contributed by atoms with E-state index in [0.717, 1.165) is 49.4 Å². The molecule has 0 spiro atoms. The number of hydrogen-bond acceptors (Lipinski definition) is 3. The molecule has 1 amide bonds. The average molecular weight is 477 g/mol. The Morgan fingerprint density at radius 3 is 2.26 bits per heavy atom. The third-order valence-corrected chi connectivity index (χ3v) is 6.97. The SMILES string of the molecule is Cl.O=C(NC(CN1CCCC1)c1ccccc1)C1(c2cccc(OCc3ccccc3)c2)CC1. The van der Waals surface area contributed by atoms with Crippen molar-refractivity contribution in [1.82, 2.24) is 10.2 Å². The lowest BCUT2D eigenvalue weighted by atomic mass is 9.93. The summed E-state index contributed by atoms with van der Waals surface area (Å²) in [5.74, 6) is 0.947. The molecule has 1 N–H and O–H groups in total. The number of ether oxygens (including phenoxy) is 1. The first-order valence-electron chi connectivity index (χ1n) is 12.1. The van der Waals surface area contributed by atoms with Gasteiger partial charge in [0.15, 0.2) is 0 Å². The Bertz CT molecular complexity index is 1060. The highest BCUT2D eigenvalue weighted by Gasteiger charge is 2.51. The van der Waals surface area contributed by atoms with Crippen LogP contribution in [0.1, 0.15) is 48.4 Å². The van der Waals surface area contributed by atoms with Gasteiger partial charge in [0.05, 0.1) is 11.5 Å². The second-order valence-corrected chi connectivity index (χ2v) is 9.33. The van der Waals surface area contributed by atoms with Crippen LogP contribution in [-0.2, 0) is 16.8 Å². The number of carbonyl (C=O) groups excluding carboxylic acids is 1. The van der Waals surface area contributed by atoms with Gasteiger partial charge in [-0.05, 0) is 67.6 Å². The van der Waals surface area contributed by atoms with Crippen LogP contribution in [0.5, 0.6) is 5.75 Å². The summed E-state index contributed by atoms with van der Waals surface area (Å²) in [6.07, 6.45) is 4.25. The molecule has 1 atom stereocenters. The van der Waals surface area contributed by atoms with Crippen molar-refractivity contribution in [1.29, 1.82) is 0 Å². The van der Waals surface area contributed by atoms with E-state index in [1.165, 1.54) is 18.4 Å². The van der Waals surface area contributed by atoms with Gasteiger partial charge in [-0.15, -0.1) is 12.4 Å². The summed E-state index contributed by atoms with van der Waals surface area (Å²) >= 11 is 0. The standard InChI is InChI=1S/C29H32N2O2.ClH/c32-28(30-27(21-31-18-7-8-19-31)24-12-5-2-6-13-24)29(16-17-29)25-14-9-15-26(20-25)33-22-23-10-3-1-4-11-23;/h1-6,9-15,20,27H,7-8,16-19,21-22H2,(H,30,32);1H. The van der Waals surface area contributed by atoms with Crippen molar-refractivity contribution in [3.05, 3.63) is 102 Å². The molecule has 2 aliphatic rings. The number of nitrogens with one attached hydrogen (secondary N) is 1. The first-order valence-corrected chi connectivity index (χ1v) is 12.1. The first kappa shape index (κ1) is 24.3.